The number of rotatable bonds is 1. The molecule has 4 N–H and O–H groups in total. The molecule has 1 heterocycles. The lowest BCUT2D eigenvalue weighted by molar-refractivity contribution is -0.339. The summed E-state index contributed by atoms with van der Waals surface area (Å²) < 4.78 is 5.77. The van der Waals surface area contributed by atoms with Gasteiger partial charge >= 0.3 is 0 Å². The minimum absolute atomic E-state index is 0.177. The summed E-state index contributed by atoms with van der Waals surface area (Å²) in [5.41, 5.74) is -2.17. The summed E-state index contributed by atoms with van der Waals surface area (Å²) in [6, 6.07) is 0. The van der Waals surface area contributed by atoms with Crippen molar-refractivity contribution in [3.8, 4) is 0 Å². The Morgan fingerprint density at radius 2 is 1.76 bits per heavy atom. The van der Waals surface area contributed by atoms with Crippen LogP contribution in [0.15, 0.2) is 23.8 Å². The molecule has 0 radical (unpaired) electrons. The average molecular weight is 350 g/mol. The van der Waals surface area contributed by atoms with Crippen LogP contribution in [-0.2, 0) is 4.74 Å². The maximum atomic E-state index is 11.9. The largest absolute Gasteiger partial charge is 0.388 e. The molecule has 5 nitrogen and oxygen atoms in total. The van der Waals surface area contributed by atoms with Crippen LogP contribution in [0.3, 0.4) is 0 Å². The maximum absolute atomic E-state index is 11.9. The van der Waals surface area contributed by atoms with E-state index in [4.69, 9.17) is 4.74 Å². The fourth-order valence-electron chi connectivity index (χ4n) is 6.37. The molecule has 1 aliphatic heterocycles. The highest BCUT2D eigenvalue weighted by Gasteiger charge is 2.81. The molecule has 5 heteroatoms. The monoisotopic (exact) mass is 350 g/mol. The van der Waals surface area contributed by atoms with Gasteiger partial charge in [0.25, 0.3) is 0 Å². The predicted molar refractivity (Wildman–Crippen MR) is 92.5 cm³/mol. The molecule has 25 heavy (non-hydrogen) atoms. The smallest absolute Gasteiger partial charge is 0.227 e. The quantitative estimate of drug-likeness (QED) is 0.540. The first-order valence-corrected chi connectivity index (χ1v) is 9.33. The van der Waals surface area contributed by atoms with Crippen molar-refractivity contribution < 1.29 is 25.2 Å². The van der Waals surface area contributed by atoms with Gasteiger partial charge in [0, 0.05) is 10.8 Å². The zero-order chi connectivity index (χ0) is 18.5. The highest BCUT2D eigenvalue weighted by atomic mass is 16.7. The van der Waals surface area contributed by atoms with Crippen LogP contribution in [0.25, 0.3) is 0 Å². The number of aliphatic hydroxyl groups excluding tert-OH is 2. The normalized spacial score (nSPS) is 54.0. The number of aliphatic hydroxyl groups is 4. The zero-order valence-corrected chi connectivity index (χ0v) is 15.4. The van der Waals surface area contributed by atoms with E-state index in [0.29, 0.717) is 24.8 Å². The Bertz CT molecular complexity index is 669. The third kappa shape index (κ3) is 1.64. The second kappa shape index (κ2) is 4.76. The van der Waals surface area contributed by atoms with Crippen LogP contribution in [0, 0.1) is 16.2 Å². The van der Waals surface area contributed by atoms with E-state index in [9.17, 15) is 20.4 Å². The average Bonchev–Trinajstić information content (AvgIpc) is 2.76. The van der Waals surface area contributed by atoms with E-state index in [-0.39, 0.29) is 6.61 Å². The van der Waals surface area contributed by atoms with Gasteiger partial charge in [-0.25, -0.2) is 0 Å². The molecule has 0 spiro atoms. The Hall–Kier alpha value is -0.720. The Morgan fingerprint density at radius 3 is 2.40 bits per heavy atom. The summed E-state index contributed by atoms with van der Waals surface area (Å²) in [6.45, 7) is 9.81. The van der Waals surface area contributed by atoms with Gasteiger partial charge in [0.2, 0.25) is 5.79 Å². The molecular formula is C20H30O5. The van der Waals surface area contributed by atoms with Crippen molar-refractivity contribution >= 4 is 0 Å². The van der Waals surface area contributed by atoms with Gasteiger partial charge < -0.3 is 25.2 Å². The van der Waals surface area contributed by atoms with Crippen molar-refractivity contribution in [2.45, 2.75) is 76.5 Å². The second-order valence-corrected chi connectivity index (χ2v) is 9.46. The Kier molecular flexibility index (Phi) is 3.37. The fourth-order valence-corrected chi connectivity index (χ4v) is 6.37. The van der Waals surface area contributed by atoms with Crippen LogP contribution in [0.1, 0.15) is 52.9 Å². The first kappa shape index (κ1) is 17.7. The summed E-state index contributed by atoms with van der Waals surface area (Å²) in [5.74, 6) is -2.10. The van der Waals surface area contributed by atoms with Gasteiger partial charge in [-0.05, 0) is 36.7 Å². The maximum Gasteiger partial charge on any atom is 0.227 e. The topological polar surface area (TPSA) is 90.2 Å². The summed E-state index contributed by atoms with van der Waals surface area (Å²) in [4.78, 5) is 0. The van der Waals surface area contributed by atoms with Crippen LogP contribution in [0.5, 0.6) is 0 Å². The minimum atomic E-state index is -2.10. The molecule has 0 amide bonds. The highest BCUT2D eigenvalue weighted by molar-refractivity contribution is 5.47. The standard InChI is InChI=1S/C20H30O5/c1-5-17(4)10-7-12-13(14(17)21)15(22)19(23)20(24)16(2,3)8-6-9-18(12,20)11-25-19/h5,14-15,21-24H,1,6-11H2,2-4H3. The van der Waals surface area contributed by atoms with Gasteiger partial charge in [-0.3, -0.25) is 0 Å². The summed E-state index contributed by atoms with van der Waals surface area (Å²) in [7, 11) is 0. The molecule has 1 saturated heterocycles. The van der Waals surface area contributed by atoms with E-state index in [2.05, 4.69) is 6.58 Å². The van der Waals surface area contributed by atoms with Crippen LogP contribution >= 0.6 is 0 Å². The van der Waals surface area contributed by atoms with Gasteiger partial charge in [0.1, 0.15) is 11.7 Å². The van der Waals surface area contributed by atoms with Crippen molar-refractivity contribution in [1.82, 2.24) is 0 Å². The van der Waals surface area contributed by atoms with E-state index in [1.54, 1.807) is 6.08 Å². The van der Waals surface area contributed by atoms with Crippen LogP contribution in [0.2, 0.25) is 0 Å². The van der Waals surface area contributed by atoms with Crippen LogP contribution in [-0.4, -0.2) is 50.6 Å². The van der Waals surface area contributed by atoms with Gasteiger partial charge in [0.15, 0.2) is 0 Å². The molecule has 6 unspecified atom stereocenters. The van der Waals surface area contributed by atoms with E-state index in [1.807, 2.05) is 20.8 Å². The van der Waals surface area contributed by atoms with E-state index >= 15 is 0 Å². The molecule has 0 aromatic carbocycles. The Balaban J connectivity index is 2.00. The second-order valence-electron chi connectivity index (χ2n) is 9.46. The number of hydrogen-bond donors (Lipinski definition) is 4. The molecule has 4 aliphatic rings. The molecule has 1 saturated carbocycles. The van der Waals surface area contributed by atoms with Gasteiger partial charge in [0.05, 0.1) is 12.7 Å². The summed E-state index contributed by atoms with van der Waals surface area (Å²) in [6.07, 6.45) is 3.04. The summed E-state index contributed by atoms with van der Waals surface area (Å²) in [5, 5.41) is 45.4. The van der Waals surface area contributed by atoms with E-state index in [1.165, 1.54) is 0 Å². The molecule has 0 aromatic rings. The Morgan fingerprint density at radius 1 is 1.08 bits per heavy atom. The van der Waals surface area contributed by atoms with E-state index < -0.39 is 39.8 Å². The first-order valence-electron chi connectivity index (χ1n) is 9.33. The first-order chi connectivity index (χ1) is 11.5. The minimum Gasteiger partial charge on any atom is -0.388 e. The van der Waals surface area contributed by atoms with Gasteiger partial charge in [-0.2, -0.15) is 0 Å². The highest BCUT2D eigenvalue weighted by Crippen LogP contribution is 2.71. The third-order valence-corrected chi connectivity index (χ3v) is 8.02. The molecule has 2 fully saturated rings. The molecule has 3 aliphatic carbocycles. The molecule has 6 atom stereocenters. The van der Waals surface area contributed by atoms with Crippen LogP contribution in [0.4, 0.5) is 0 Å². The molecule has 4 rings (SSSR count). The van der Waals surface area contributed by atoms with Gasteiger partial charge in [-0.15, -0.1) is 6.58 Å². The number of ether oxygens (including phenoxy) is 1. The van der Waals surface area contributed by atoms with Crippen LogP contribution < -0.4 is 0 Å². The SMILES string of the molecule is C=CC1(C)CCC2=C(C1O)C(O)C1(O)OCC23CCCC(C)(C)C31O. The fraction of sp³-hybridized carbons (Fsp3) is 0.800. The van der Waals surface area contributed by atoms with Crippen molar-refractivity contribution in [2.75, 3.05) is 6.61 Å². The lowest BCUT2D eigenvalue weighted by Gasteiger charge is -2.64. The molecule has 2 bridgehead atoms. The third-order valence-electron chi connectivity index (χ3n) is 8.02. The predicted octanol–water partition coefficient (Wildman–Crippen LogP) is 1.65. The van der Waals surface area contributed by atoms with Crippen molar-refractivity contribution in [3.05, 3.63) is 23.8 Å². The zero-order valence-electron chi connectivity index (χ0n) is 15.4. The summed E-state index contributed by atoms with van der Waals surface area (Å²) >= 11 is 0. The van der Waals surface area contributed by atoms with Crippen molar-refractivity contribution in [2.24, 2.45) is 16.2 Å². The molecule has 140 valence electrons. The van der Waals surface area contributed by atoms with Gasteiger partial charge in [-0.1, -0.05) is 38.8 Å². The Labute approximate surface area is 149 Å². The lowest BCUT2D eigenvalue weighted by atomic mass is 9.43. The van der Waals surface area contributed by atoms with Crippen molar-refractivity contribution in [1.29, 1.82) is 0 Å². The van der Waals surface area contributed by atoms with Crippen molar-refractivity contribution in [3.63, 3.8) is 0 Å². The number of hydrogen-bond acceptors (Lipinski definition) is 5. The molecular weight excluding hydrogens is 320 g/mol. The van der Waals surface area contributed by atoms with E-state index in [0.717, 1.165) is 18.4 Å². The molecule has 0 aromatic heterocycles. The lowest BCUT2D eigenvalue weighted by Crippen LogP contribution is -2.75.